The van der Waals surface area contributed by atoms with Crippen molar-refractivity contribution in [1.82, 2.24) is 4.72 Å². The largest absolute Gasteiger partial charge is 0.497 e. The van der Waals surface area contributed by atoms with Crippen LogP contribution in [0.2, 0.25) is 0 Å². The topological polar surface area (TPSA) is 106 Å². The number of guanidine groups is 1. The number of anilines is 1. The second kappa shape index (κ2) is 7.65. The van der Waals surface area contributed by atoms with Crippen molar-refractivity contribution in [2.24, 2.45) is 16.6 Å². The number of hydrogen-bond donors (Lipinski definition) is 3. The molecule has 0 bridgehead atoms. The van der Waals surface area contributed by atoms with E-state index >= 15 is 0 Å². The first-order valence-corrected chi connectivity index (χ1v) is 9.45. The summed E-state index contributed by atoms with van der Waals surface area (Å²) in [5, 5.41) is 3.01. The SMILES string of the molecule is COc1cccc(NC(N)=NCC2CCCC2NS(C)(=O)=O)c1. The Kier molecular flexibility index (Phi) is 5.84. The van der Waals surface area contributed by atoms with Crippen molar-refractivity contribution < 1.29 is 13.2 Å². The number of rotatable bonds is 6. The molecule has 1 fully saturated rings. The number of nitrogens with two attached hydrogens (primary N) is 1. The lowest BCUT2D eigenvalue weighted by Crippen LogP contribution is -2.38. The van der Waals surface area contributed by atoms with Gasteiger partial charge in [-0.25, -0.2) is 13.1 Å². The second-order valence-corrected chi connectivity index (χ2v) is 7.55. The second-order valence-electron chi connectivity index (χ2n) is 5.77. The minimum Gasteiger partial charge on any atom is -0.497 e. The van der Waals surface area contributed by atoms with Crippen molar-refractivity contribution in [3.63, 3.8) is 0 Å². The quantitative estimate of drug-likeness (QED) is 0.532. The van der Waals surface area contributed by atoms with E-state index in [4.69, 9.17) is 10.5 Å². The molecule has 7 nitrogen and oxygen atoms in total. The first kappa shape index (κ1) is 17.6. The van der Waals surface area contributed by atoms with Crippen molar-refractivity contribution in [2.75, 3.05) is 25.2 Å². The molecular weight excluding hydrogens is 316 g/mol. The standard InChI is InChI=1S/C15H24N4O3S/c1-22-13-7-4-6-12(9-13)18-15(16)17-10-11-5-3-8-14(11)19-23(2,20)21/h4,6-7,9,11,14,19H,3,5,8,10H2,1-2H3,(H3,16,17,18). The lowest BCUT2D eigenvalue weighted by atomic mass is 10.1. The zero-order valence-corrected chi connectivity index (χ0v) is 14.3. The molecule has 1 aromatic carbocycles. The van der Waals surface area contributed by atoms with Crippen LogP contribution in [0.1, 0.15) is 19.3 Å². The van der Waals surface area contributed by atoms with E-state index in [9.17, 15) is 8.42 Å². The van der Waals surface area contributed by atoms with Crippen LogP contribution in [0.15, 0.2) is 29.3 Å². The van der Waals surface area contributed by atoms with E-state index in [0.717, 1.165) is 30.7 Å². The third-order valence-electron chi connectivity index (χ3n) is 3.86. The van der Waals surface area contributed by atoms with E-state index < -0.39 is 10.0 Å². The average molecular weight is 340 g/mol. The highest BCUT2D eigenvalue weighted by atomic mass is 32.2. The van der Waals surface area contributed by atoms with Gasteiger partial charge < -0.3 is 15.8 Å². The molecule has 0 aliphatic heterocycles. The summed E-state index contributed by atoms with van der Waals surface area (Å²) in [5.74, 6) is 1.22. The van der Waals surface area contributed by atoms with Crippen LogP contribution in [-0.4, -0.2) is 40.3 Å². The highest BCUT2D eigenvalue weighted by Crippen LogP contribution is 2.26. The summed E-state index contributed by atoms with van der Waals surface area (Å²) in [6.45, 7) is 0.496. The molecule has 1 aliphatic carbocycles. The molecule has 0 aromatic heterocycles. The third kappa shape index (κ3) is 5.72. The zero-order valence-electron chi connectivity index (χ0n) is 13.5. The number of ether oxygens (including phenoxy) is 1. The van der Waals surface area contributed by atoms with Crippen LogP contribution in [0.5, 0.6) is 5.75 Å². The molecule has 8 heteroatoms. The Hall–Kier alpha value is -1.80. The van der Waals surface area contributed by atoms with E-state index in [-0.39, 0.29) is 12.0 Å². The number of nitrogens with one attached hydrogen (secondary N) is 2. The lowest BCUT2D eigenvalue weighted by Gasteiger charge is -2.18. The lowest BCUT2D eigenvalue weighted by molar-refractivity contribution is 0.415. The van der Waals surface area contributed by atoms with Crippen LogP contribution in [0.3, 0.4) is 0 Å². The summed E-state index contributed by atoms with van der Waals surface area (Å²) in [4.78, 5) is 4.34. The van der Waals surface area contributed by atoms with Crippen LogP contribution < -0.4 is 20.5 Å². The van der Waals surface area contributed by atoms with Gasteiger partial charge in [0.1, 0.15) is 5.75 Å². The predicted octanol–water partition coefficient (Wildman–Crippen LogP) is 1.14. The molecule has 2 rings (SSSR count). The van der Waals surface area contributed by atoms with Gasteiger partial charge in [-0.1, -0.05) is 12.5 Å². The van der Waals surface area contributed by atoms with Crippen molar-refractivity contribution in [3.05, 3.63) is 24.3 Å². The highest BCUT2D eigenvalue weighted by Gasteiger charge is 2.29. The Morgan fingerprint density at radius 2 is 2.22 bits per heavy atom. The van der Waals surface area contributed by atoms with Crippen molar-refractivity contribution in [2.45, 2.75) is 25.3 Å². The maximum absolute atomic E-state index is 11.4. The fourth-order valence-corrected chi connectivity index (χ4v) is 3.65. The van der Waals surface area contributed by atoms with Crippen LogP contribution in [0.25, 0.3) is 0 Å². The van der Waals surface area contributed by atoms with Crippen LogP contribution in [0.4, 0.5) is 5.69 Å². The fraction of sp³-hybridized carbons (Fsp3) is 0.533. The molecular formula is C15H24N4O3S. The molecule has 0 amide bonds. The van der Waals surface area contributed by atoms with Gasteiger partial charge in [-0.2, -0.15) is 0 Å². The van der Waals surface area contributed by atoms with Gasteiger partial charge in [-0.3, -0.25) is 4.99 Å². The number of hydrogen-bond acceptors (Lipinski definition) is 4. The maximum Gasteiger partial charge on any atom is 0.208 e. The predicted molar refractivity (Wildman–Crippen MR) is 92.2 cm³/mol. The monoisotopic (exact) mass is 340 g/mol. The molecule has 1 saturated carbocycles. The molecule has 0 spiro atoms. The highest BCUT2D eigenvalue weighted by molar-refractivity contribution is 7.88. The van der Waals surface area contributed by atoms with Gasteiger partial charge in [0.15, 0.2) is 5.96 Å². The van der Waals surface area contributed by atoms with Gasteiger partial charge in [0.25, 0.3) is 0 Å². The average Bonchev–Trinajstić information content (AvgIpc) is 2.90. The summed E-state index contributed by atoms with van der Waals surface area (Å²) >= 11 is 0. The Morgan fingerprint density at radius 1 is 1.43 bits per heavy atom. The molecule has 1 aromatic rings. The van der Waals surface area contributed by atoms with Crippen LogP contribution >= 0.6 is 0 Å². The van der Waals surface area contributed by atoms with Crippen LogP contribution in [0, 0.1) is 5.92 Å². The number of benzene rings is 1. The van der Waals surface area contributed by atoms with Gasteiger partial charge in [-0.05, 0) is 30.9 Å². The number of aliphatic imine (C=N–C) groups is 1. The van der Waals surface area contributed by atoms with Crippen LogP contribution in [-0.2, 0) is 10.0 Å². The van der Waals surface area contributed by atoms with E-state index in [1.165, 1.54) is 6.26 Å². The Labute approximate surface area is 137 Å². The maximum atomic E-state index is 11.4. The molecule has 0 heterocycles. The minimum absolute atomic E-state index is 0.0571. The zero-order chi connectivity index (χ0) is 16.9. The van der Waals surface area contributed by atoms with Crippen molar-refractivity contribution >= 4 is 21.7 Å². The molecule has 128 valence electrons. The molecule has 2 atom stereocenters. The molecule has 0 saturated heterocycles. The fourth-order valence-electron chi connectivity index (χ4n) is 2.79. The molecule has 23 heavy (non-hydrogen) atoms. The minimum atomic E-state index is -3.19. The van der Waals surface area contributed by atoms with E-state index in [2.05, 4.69) is 15.0 Å². The molecule has 2 unspecified atom stereocenters. The van der Waals surface area contributed by atoms with Gasteiger partial charge in [0.05, 0.1) is 13.4 Å². The van der Waals surface area contributed by atoms with Gasteiger partial charge in [-0.15, -0.1) is 0 Å². The van der Waals surface area contributed by atoms with Gasteiger partial charge >= 0.3 is 0 Å². The third-order valence-corrected chi connectivity index (χ3v) is 4.59. The summed E-state index contributed by atoms with van der Waals surface area (Å²) in [6.07, 6.45) is 3.97. The first-order valence-electron chi connectivity index (χ1n) is 7.55. The van der Waals surface area contributed by atoms with Crippen molar-refractivity contribution in [1.29, 1.82) is 0 Å². The Morgan fingerprint density at radius 3 is 2.91 bits per heavy atom. The summed E-state index contributed by atoms with van der Waals surface area (Å²) in [6, 6.07) is 7.34. The molecule has 1 aliphatic rings. The summed E-state index contributed by atoms with van der Waals surface area (Å²) < 4.78 is 30.6. The van der Waals surface area contributed by atoms with E-state index in [0.29, 0.717) is 12.5 Å². The number of sulfonamides is 1. The summed E-state index contributed by atoms with van der Waals surface area (Å²) in [7, 11) is -1.59. The Balaban J connectivity index is 1.93. The number of methoxy groups -OCH3 is 1. The Bertz CT molecular complexity index is 660. The molecule has 4 N–H and O–H groups in total. The van der Waals surface area contributed by atoms with Gasteiger partial charge in [0, 0.05) is 24.3 Å². The smallest absolute Gasteiger partial charge is 0.208 e. The van der Waals surface area contributed by atoms with E-state index in [1.807, 2.05) is 24.3 Å². The first-order chi connectivity index (χ1) is 10.9. The van der Waals surface area contributed by atoms with Crippen molar-refractivity contribution in [3.8, 4) is 5.75 Å². The van der Waals surface area contributed by atoms with Gasteiger partial charge in [0.2, 0.25) is 10.0 Å². The van der Waals surface area contributed by atoms with E-state index in [1.54, 1.807) is 7.11 Å². The normalized spacial score (nSPS) is 22.1. The summed E-state index contributed by atoms with van der Waals surface area (Å²) in [5.41, 5.74) is 6.70. The molecule has 0 radical (unpaired) electrons. The number of nitrogens with zero attached hydrogens (tertiary/aromatic N) is 1.